The number of aromatic nitrogens is 3. The number of anilines is 1. The number of fused-ring (bicyclic) bond motifs is 1. The summed E-state index contributed by atoms with van der Waals surface area (Å²) >= 11 is 1.56. The normalized spacial score (nSPS) is 15.9. The van der Waals surface area contributed by atoms with Crippen molar-refractivity contribution in [3.63, 3.8) is 0 Å². The fourth-order valence-corrected chi connectivity index (χ4v) is 3.53. The van der Waals surface area contributed by atoms with E-state index >= 15 is 0 Å². The zero-order valence-electron chi connectivity index (χ0n) is 16.0. The van der Waals surface area contributed by atoms with Gasteiger partial charge in [0.05, 0.1) is 19.3 Å². The Hall–Kier alpha value is -2.48. The number of carbonyl (C=O) groups is 1. The highest BCUT2D eigenvalue weighted by Gasteiger charge is 2.34. The molecule has 0 fully saturated rings. The lowest BCUT2D eigenvalue weighted by molar-refractivity contribution is -0.136. The molecule has 1 atom stereocenters. The van der Waals surface area contributed by atoms with E-state index < -0.39 is 6.04 Å². The van der Waals surface area contributed by atoms with Gasteiger partial charge in [0.25, 0.3) is 0 Å². The molecule has 1 N–H and O–H groups in total. The predicted octanol–water partition coefficient (Wildman–Crippen LogP) is 3.64. The summed E-state index contributed by atoms with van der Waals surface area (Å²) in [5.41, 5.74) is 2.15. The van der Waals surface area contributed by atoms with E-state index in [1.165, 1.54) is 7.11 Å². The third kappa shape index (κ3) is 3.95. The smallest absolute Gasteiger partial charge is 0.338 e. The maximum absolute atomic E-state index is 12.5. The second kappa shape index (κ2) is 8.47. The van der Waals surface area contributed by atoms with Crippen molar-refractivity contribution in [3.05, 3.63) is 41.1 Å². The van der Waals surface area contributed by atoms with Gasteiger partial charge in [0.15, 0.2) is 0 Å². The molecule has 2 heterocycles. The molecule has 1 aliphatic rings. The van der Waals surface area contributed by atoms with Gasteiger partial charge in [-0.3, -0.25) is 0 Å². The molecule has 2 aromatic rings. The Bertz CT molecular complexity index is 845. The van der Waals surface area contributed by atoms with Crippen LogP contribution in [0.2, 0.25) is 0 Å². The summed E-state index contributed by atoms with van der Waals surface area (Å²) in [5, 5.41) is 8.45. The first-order chi connectivity index (χ1) is 13.1. The highest BCUT2D eigenvalue weighted by Crippen LogP contribution is 2.37. The van der Waals surface area contributed by atoms with Crippen LogP contribution in [0, 0.1) is 0 Å². The van der Waals surface area contributed by atoms with Crippen molar-refractivity contribution in [1.82, 2.24) is 14.8 Å². The van der Waals surface area contributed by atoms with Crippen molar-refractivity contribution in [3.8, 4) is 5.75 Å². The first kappa shape index (κ1) is 19.3. The number of esters is 1. The molecule has 3 rings (SSSR count). The lowest BCUT2D eigenvalue weighted by atomic mass is 9.96. The Labute approximate surface area is 163 Å². The molecule has 1 aromatic heterocycles. The molecule has 0 saturated heterocycles. The minimum absolute atomic E-state index is 0.387. The Morgan fingerprint density at radius 2 is 2.04 bits per heavy atom. The van der Waals surface area contributed by atoms with Crippen LogP contribution in [0.5, 0.6) is 5.75 Å². The van der Waals surface area contributed by atoms with Crippen molar-refractivity contribution in [2.24, 2.45) is 0 Å². The third-order valence-electron chi connectivity index (χ3n) is 4.18. The van der Waals surface area contributed by atoms with Crippen LogP contribution in [0.25, 0.3) is 0 Å². The Balaban J connectivity index is 2.04. The fourth-order valence-electron chi connectivity index (χ4n) is 2.97. The van der Waals surface area contributed by atoms with Gasteiger partial charge in [-0.15, -0.1) is 5.10 Å². The van der Waals surface area contributed by atoms with Crippen LogP contribution < -0.4 is 10.1 Å². The van der Waals surface area contributed by atoms with Crippen molar-refractivity contribution < 1.29 is 14.3 Å². The number of ether oxygens (including phenoxy) is 2. The molecule has 27 heavy (non-hydrogen) atoms. The second-order valence-electron chi connectivity index (χ2n) is 6.07. The first-order valence-electron chi connectivity index (χ1n) is 8.97. The van der Waals surface area contributed by atoms with Crippen LogP contribution >= 0.6 is 11.8 Å². The summed E-state index contributed by atoms with van der Waals surface area (Å²) in [6.45, 7) is 6.64. The Morgan fingerprint density at radius 1 is 1.30 bits per heavy atom. The number of nitrogens with zero attached hydrogens (tertiary/aromatic N) is 3. The van der Waals surface area contributed by atoms with E-state index in [0.29, 0.717) is 29.0 Å². The van der Waals surface area contributed by atoms with Crippen molar-refractivity contribution in [2.75, 3.05) is 24.8 Å². The molecular weight excluding hydrogens is 364 g/mol. The Kier molecular flexibility index (Phi) is 6.05. The quantitative estimate of drug-likeness (QED) is 0.573. The number of allylic oxidation sites excluding steroid dienone is 1. The summed E-state index contributed by atoms with van der Waals surface area (Å²) in [6.07, 6.45) is 0.949. The standard InChI is InChI=1S/C19H24N4O3S/c1-5-11-26-14-9-7-13(8-10-14)16-15(17(24)25-4)12(3)20-18-21-19(27-6-2)22-23(16)18/h7-10,16H,5-6,11H2,1-4H3,(H,20,21,22). The van der Waals surface area contributed by atoms with E-state index in [4.69, 9.17) is 9.47 Å². The summed E-state index contributed by atoms with van der Waals surface area (Å²) in [5.74, 6) is 1.90. The number of carbonyl (C=O) groups excluding carboxylic acids is 1. The van der Waals surface area contributed by atoms with Gasteiger partial charge in [0.1, 0.15) is 11.8 Å². The van der Waals surface area contributed by atoms with E-state index in [1.807, 2.05) is 38.1 Å². The average Bonchev–Trinajstić information content (AvgIpc) is 3.07. The summed E-state index contributed by atoms with van der Waals surface area (Å²) in [4.78, 5) is 17.0. The maximum atomic E-state index is 12.5. The molecule has 0 spiro atoms. The monoisotopic (exact) mass is 388 g/mol. The van der Waals surface area contributed by atoms with Crippen LogP contribution in [0.15, 0.2) is 40.7 Å². The van der Waals surface area contributed by atoms with Crippen molar-refractivity contribution in [2.45, 2.75) is 38.4 Å². The molecule has 0 bridgehead atoms. The average molecular weight is 388 g/mol. The van der Waals surface area contributed by atoms with Crippen molar-refractivity contribution in [1.29, 1.82) is 0 Å². The van der Waals surface area contributed by atoms with Crippen LogP contribution in [0.1, 0.15) is 38.8 Å². The molecule has 7 nitrogen and oxygen atoms in total. The first-order valence-corrected chi connectivity index (χ1v) is 9.95. The minimum atomic E-state index is -0.410. The van der Waals surface area contributed by atoms with Gasteiger partial charge in [0.2, 0.25) is 11.1 Å². The molecule has 1 aliphatic heterocycles. The molecule has 8 heteroatoms. The number of hydrogen-bond donors (Lipinski definition) is 1. The lowest BCUT2D eigenvalue weighted by Crippen LogP contribution is -2.29. The zero-order chi connectivity index (χ0) is 19.4. The Morgan fingerprint density at radius 3 is 2.67 bits per heavy atom. The van der Waals surface area contributed by atoms with Gasteiger partial charge >= 0.3 is 5.97 Å². The predicted molar refractivity (Wildman–Crippen MR) is 105 cm³/mol. The molecule has 1 aromatic carbocycles. The topological polar surface area (TPSA) is 78.3 Å². The van der Waals surface area contributed by atoms with Gasteiger partial charge in [0, 0.05) is 5.70 Å². The molecule has 1 unspecified atom stereocenters. The summed E-state index contributed by atoms with van der Waals surface area (Å²) in [7, 11) is 1.39. The number of thioether (sulfide) groups is 1. The van der Waals surface area contributed by atoms with Gasteiger partial charge in [-0.25, -0.2) is 9.48 Å². The molecule has 144 valence electrons. The number of rotatable bonds is 7. The van der Waals surface area contributed by atoms with Gasteiger partial charge in [-0.1, -0.05) is 37.7 Å². The lowest BCUT2D eigenvalue weighted by Gasteiger charge is -2.27. The molecule has 0 saturated carbocycles. The number of benzene rings is 1. The van der Waals surface area contributed by atoms with E-state index in [9.17, 15) is 4.79 Å². The molecule has 0 amide bonds. The van der Waals surface area contributed by atoms with E-state index in [1.54, 1.807) is 16.4 Å². The SMILES string of the molecule is CCCOc1ccc(C2C(C(=O)OC)=C(C)Nc3nc(SCC)nn32)cc1. The van der Waals surface area contributed by atoms with E-state index in [0.717, 1.165) is 23.5 Å². The number of hydrogen-bond acceptors (Lipinski definition) is 7. The molecule has 0 aliphatic carbocycles. The largest absolute Gasteiger partial charge is 0.494 e. The summed E-state index contributed by atoms with van der Waals surface area (Å²) in [6, 6.07) is 7.32. The second-order valence-corrected chi connectivity index (χ2v) is 7.30. The minimum Gasteiger partial charge on any atom is -0.494 e. The van der Waals surface area contributed by atoms with Crippen molar-refractivity contribution >= 4 is 23.7 Å². The van der Waals surface area contributed by atoms with Crippen LogP contribution in [0.4, 0.5) is 5.95 Å². The van der Waals surface area contributed by atoms with Crippen LogP contribution in [-0.2, 0) is 9.53 Å². The number of nitrogens with one attached hydrogen (secondary N) is 1. The summed E-state index contributed by atoms with van der Waals surface area (Å²) < 4.78 is 12.4. The highest BCUT2D eigenvalue weighted by molar-refractivity contribution is 7.99. The third-order valence-corrected chi connectivity index (χ3v) is 4.90. The van der Waals surface area contributed by atoms with Crippen LogP contribution in [0.3, 0.4) is 0 Å². The molecule has 0 radical (unpaired) electrons. The highest BCUT2D eigenvalue weighted by atomic mass is 32.2. The van der Waals surface area contributed by atoms with Gasteiger partial charge in [-0.05, 0) is 36.8 Å². The van der Waals surface area contributed by atoms with Gasteiger partial charge in [-0.2, -0.15) is 4.98 Å². The van der Waals surface area contributed by atoms with E-state index in [2.05, 4.69) is 22.3 Å². The number of methoxy groups -OCH3 is 1. The maximum Gasteiger partial charge on any atom is 0.338 e. The fraction of sp³-hybridized carbons (Fsp3) is 0.421. The molecular formula is C19H24N4O3S. The zero-order valence-corrected chi connectivity index (χ0v) is 16.8. The van der Waals surface area contributed by atoms with Gasteiger partial charge < -0.3 is 14.8 Å². The van der Waals surface area contributed by atoms with E-state index in [-0.39, 0.29) is 5.97 Å². The van der Waals surface area contributed by atoms with Crippen LogP contribution in [-0.4, -0.2) is 40.2 Å².